The molecule has 23 heavy (non-hydrogen) atoms. The number of aryl methyl sites for hydroxylation is 1. The van der Waals surface area contributed by atoms with Crippen molar-refractivity contribution in [2.24, 2.45) is 0 Å². The molecule has 0 saturated heterocycles. The number of H-pyrrole nitrogens is 1. The summed E-state index contributed by atoms with van der Waals surface area (Å²) in [5, 5.41) is 0. The molecule has 0 saturated carbocycles. The summed E-state index contributed by atoms with van der Waals surface area (Å²) >= 11 is 1.71. The number of rotatable bonds is 5. The van der Waals surface area contributed by atoms with Crippen LogP contribution in [0.5, 0.6) is 0 Å². The van der Waals surface area contributed by atoms with Crippen LogP contribution in [-0.2, 0) is 6.42 Å². The van der Waals surface area contributed by atoms with Crippen molar-refractivity contribution >= 4 is 11.8 Å². The molecule has 3 nitrogen and oxygen atoms in total. The third-order valence-electron chi connectivity index (χ3n) is 3.64. The lowest BCUT2D eigenvalue weighted by Gasteiger charge is -2.11. The molecule has 2 aromatic carbocycles. The molecule has 0 atom stereocenters. The first kappa shape index (κ1) is 15.6. The van der Waals surface area contributed by atoms with Crippen LogP contribution in [0.25, 0.3) is 22.5 Å². The summed E-state index contributed by atoms with van der Waals surface area (Å²) in [6.07, 6.45) is 2.70. The Morgan fingerprint density at radius 3 is 2.17 bits per heavy atom. The lowest BCUT2D eigenvalue weighted by Crippen LogP contribution is -2.18. The highest BCUT2D eigenvalue weighted by atomic mass is 32.2. The number of aromatic nitrogens is 2. The topological polar surface area (TPSA) is 45.8 Å². The fraction of sp³-hybridized carbons (Fsp3) is 0.158. The van der Waals surface area contributed by atoms with E-state index in [1.807, 2.05) is 66.9 Å². The first-order chi connectivity index (χ1) is 11.3. The van der Waals surface area contributed by atoms with E-state index in [0.29, 0.717) is 12.1 Å². The molecule has 116 valence electrons. The third kappa shape index (κ3) is 3.54. The fourth-order valence-electron chi connectivity index (χ4n) is 2.47. The number of nitrogens with zero attached hydrogens (tertiary/aromatic N) is 1. The molecule has 4 heteroatoms. The largest absolute Gasteiger partial charge is 0.319 e. The summed E-state index contributed by atoms with van der Waals surface area (Å²) in [6, 6.07) is 19.8. The molecule has 0 aliphatic heterocycles. The standard InChI is InChI=1S/C19H18N2OS/c1-23-13-12-16-19(22)21-18(15-10-6-3-7-11-15)17(20-16)14-8-4-2-5-9-14/h2-11H,12-13H2,1H3,(H,21,22). The van der Waals surface area contributed by atoms with Crippen molar-refractivity contribution in [3.05, 3.63) is 76.7 Å². The van der Waals surface area contributed by atoms with Crippen molar-refractivity contribution in [2.75, 3.05) is 12.0 Å². The molecular formula is C19H18N2OS. The van der Waals surface area contributed by atoms with E-state index in [-0.39, 0.29) is 5.56 Å². The van der Waals surface area contributed by atoms with Gasteiger partial charge in [-0.3, -0.25) is 4.79 Å². The highest BCUT2D eigenvalue weighted by molar-refractivity contribution is 7.98. The summed E-state index contributed by atoms with van der Waals surface area (Å²) in [7, 11) is 0. The monoisotopic (exact) mass is 322 g/mol. The van der Waals surface area contributed by atoms with Gasteiger partial charge in [0.05, 0.1) is 11.4 Å². The Balaban J connectivity index is 2.18. The summed E-state index contributed by atoms with van der Waals surface area (Å²) in [5.41, 5.74) is 4.07. The number of nitrogens with one attached hydrogen (secondary N) is 1. The zero-order valence-electron chi connectivity index (χ0n) is 13.0. The minimum absolute atomic E-state index is 0.0995. The van der Waals surface area contributed by atoms with E-state index in [0.717, 1.165) is 28.3 Å². The van der Waals surface area contributed by atoms with Crippen LogP contribution in [0, 0.1) is 0 Å². The highest BCUT2D eigenvalue weighted by Gasteiger charge is 2.13. The summed E-state index contributed by atoms with van der Waals surface area (Å²) in [4.78, 5) is 20.1. The Bertz CT molecular complexity index is 829. The molecule has 3 aromatic rings. The normalized spacial score (nSPS) is 10.7. The Morgan fingerprint density at radius 1 is 0.957 bits per heavy atom. The summed E-state index contributed by atoms with van der Waals surface area (Å²) < 4.78 is 0. The van der Waals surface area contributed by atoms with Crippen LogP contribution >= 0.6 is 11.8 Å². The minimum atomic E-state index is -0.0995. The van der Waals surface area contributed by atoms with E-state index in [4.69, 9.17) is 4.98 Å². The van der Waals surface area contributed by atoms with Gasteiger partial charge < -0.3 is 4.98 Å². The number of aromatic amines is 1. The molecule has 0 amide bonds. The van der Waals surface area contributed by atoms with E-state index >= 15 is 0 Å². The van der Waals surface area contributed by atoms with Crippen molar-refractivity contribution in [3.63, 3.8) is 0 Å². The number of thioether (sulfide) groups is 1. The van der Waals surface area contributed by atoms with Gasteiger partial charge >= 0.3 is 0 Å². The maximum atomic E-state index is 12.4. The smallest absolute Gasteiger partial charge is 0.270 e. The van der Waals surface area contributed by atoms with Gasteiger partial charge in [-0.05, 0) is 12.0 Å². The molecule has 3 rings (SSSR count). The van der Waals surface area contributed by atoms with Crippen LogP contribution in [0.1, 0.15) is 5.69 Å². The van der Waals surface area contributed by atoms with E-state index < -0.39 is 0 Å². The molecule has 0 aliphatic carbocycles. The summed E-state index contributed by atoms with van der Waals surface area (Å²) in [6.45, 7) is 0. The SMILES string of the molecule is CSCCc1nc(-c2ccccc2)c(-c2ccccc2)[nH]c1=O. The number of benzene rings is 2. The van der Waals surface area contributed by atoms with Crippen molar-refractivity contribution < 1.29 is 0 Å². The molecule has 1 N–H and O–H groups in total. The maximum Gasteiger partial charge on any atom is 0.270 e. The third-order valence-corrected chi connectivity index (χ3v) is 4.25. The van der Waals surface area contributed by atoms with Gasteiger partial charge in [0.25, 0.3) is 5.56 Å². The van der Waals surface area contributed by atoms with Crippen LogP contribution in [-0.4, -0.2) is 22.0 Å². The van der Waals surface area contributed by atoms with E-state index in [1.165, 1.54) is 0 Å². The van der Waals surface area contributed by atoms with E-state index in [2.05, 4.69) is 4.98 Å². The molecule has 0 radical (unpaired) electrons. The average Bonchev–Trinajstić information content (AvgIpc) is 2.62. The van der Waals surface area contributed by atoms with E-state index in [1.54, 1.807) is 11.8 Å². The predicted molar refractivity (Wildman–Crippen MR) is 97.8 cm³/mol. The van der Waals surface area contributed by atoms with Gasteiger partial charge in [0.2, 0.25) is 0 Å². The second-order valence-corrected chi connectivity index (χ2v) is 6.20. The van der Waals surface area contributed by atoms with Gasteiger partial charge in [-0.25, -0.2) is 4.98 Å². The number of hydrogen-bond donors (Lipinski definition) is 1. The van der Waals surface area contributed by atoms with Crippen molar-refractivity contribution in [1.29, 1.82) is 0 Å². The molecular weight excluding hydrogens is 304 g/mol. The van der Waals surface area contributed by atoms with Crippen LogP contribution in [0.2, 0.25) is 0 Å². The average molecular weight is 322 g/mol. The second kappa shape index (κ2) is 7.29. The lowest BCUT2D eigenvalue weighted by atomic mass is 10.0. The summed E-state index contributed by atoms with van der Waals surface area (Å²) in [5.74, 6) is 0.884. The van der Waals surface area contributed by atoms with Gasteiger partial charge in [0.15, 0.2) is 0 Å². The zero-order chi connectivity index (χ0) is 16.1. The first-order valence-electron chi connectivity index (χ1n) is 7.52. The Morgan fingerprint density at radius 2 is 1.57 bits per heavy atom. The minimum Gasteiger partial charge on any atom is -0.319 e. The Labute approximate surface area is 139 Å². The molecule has 0 bridgehead atoms. The van der Waals surface area contributed by atoms with Crippen molar-refractivity contribution in [1.82, 2.24) is 9.97 Å². The zero-order valence-corrected chi connectivity index (χ0v) is 13.8. The van der Waals surface area contributed by atoms with Gasteiger partial charge in [0.1, 0.15) is 5.69 Å². The number of hydrogen-bond acceptors (Lipinski definition) is 3. The molecule has 1 heterocycles. The Hall–Kier alpha value is -2.33. The Kier molecular flexibility index (Phi) is 4.93. The first-order valence-corrected chi connectivity index (χ1v) is 8.92. The van der Waals surface area contributed by atoms with Crippen LogP contribution in [0.3, 0.4) is 0 Å². The molecule has 1 aromatic heterocycles. The van der Waals surface area contributed by atoms with Crippen molar-refractivity contribution in [3.8, 4) is 22.5 Å². The quantitative estimate of drug-likeness (QED) is 0.772. The van der Waals surface area contributed by atoms with Crippen molar-refractivity contribution in [2.45, 2.75) is 6.42 Å². The van der Waals surface area contributed by atoms with Gasteiger partial charge in [-0.2, -0.15) is 11.8 Å². The lowest BCUT2D eigenvalue weighted by molar-refractivity contribution is 0.980. The van der Waals surface area contributed by atoms with Crippen LogP contribution < -0.4 is 5.56 Å². The van der Waals surface area contributed by atoms with E-state index in [9.17, 15) is 4.79 Å². The predicted octanol–water partition coefficient (Wildman–Crippen LogP) is 4.01. The van der Waals surface area contributed by atoms with Crippen LogP contribution in [0.4, 0.5) is 0 Å². The van der Waals surface area contributed by atoms with Gasteiger partial charge in [0, 0.05) is 17.5 Å². The molecule has 0 aliphatic rings. The maximum absolute atomic E-state index is 12.4. The molecule has 0 spiro atoms. The fourth-order valence-corrected chi connectivity index (χ4v) is 2.87. The van der Waals surface area contributed by atoms with Gasteiger partial charge in [-0.1, -0.05) is 60.7 Å². The molecule has 0 unspecified atom stereocenters. The second-order valence-electron chi connectivity index (χ2n) is 5.21. The highest BCUT2D eigenvalue weighted by Crippen LogP contribution is 2.27. The van der Waals surface area contributed by atoms with Crippen LogP contribution in [0.15, 0.2) is 65.5 Å². The van der Waals surface area contributed by atoms with Gasteiger partial charge in [-0.15, -0.1) is 0 Å². The molecule has 0 fully saturated rings.